The van der Waals surface area contributed by atoms with Crippen molar-refractivity contribution in [1.29, 1.82) is 0 Å². The second kappa shape index (κ2) is 5.70. The summed E-state index contributed by atoms with van der Waals surface area (Å²) in [7, 11) is 0. The first kappa shape index (κ1) is 13.3. The van der Waals surface area contributed by atoms with Gasteiger partial charge in [-0.15, -0.1) is 11.8 Å². The highest BCUT2D eigenvalue weighted by molar-refractivity contribution is 7.98. The van der Waals surface area contributed by atoms with Crippen molar-refractivity contribution in [3.63, 3.8) is 0 Å². The molecule has 8 heteroatoms. The van der Waals surface area contributed by atoms with Crippen LogP contribution in [-0.4, -0.2) is 38.6 Å². The van der Waals surface area contributed by atoms with Gasteiger partial charge in [0.25, 0.3) is 0 Å². The molecular weight excluding hydrogens is 266 g/mol. The van der Waals surface area contributed by atoms with Crippen LogP contribution < -0.4 is 5.73 Å². The van der Waals surface area contributed by atoms with Gasteiger partial charge in [0.2, 0.25) is 0 Å². The van der Waals surface area contributed by atoms with Crippen molar-refractivity contribution >= 4 is 23.5 Å². The number of nitrogens with two attached hydrogens (primary N) is 1. The monoisotopic (exact) mass is 279 g/mol. The van der Waals surface area contributed by atoms with Crippen LogP contribution in [0.4, 0.5) is 5.82 Å². The number of hydrogen-bond donors (Lipinski definition) is 1. The van der Waals surface area contributed by atoms with E-state index < -0.39 is 5.97 Å². The topological polar surface area (TPSA) is 95.9 Å². The lowest BCUT2D eigenvalue weighted by atomic mass is 10.3. The summed E-state index contributed by atoms with van der Waals surface area (Å²) >= 11 is 1.32. The summed E-state index contributed by atoms with van der Waals surface area (Å²) in [5, 5.41) is 4.77. The molecule has 7 nitrogen and oxygen atoms in total. The maximum atomic E-state index is 11.9. The molecule has 0 radical (unpaired) electrons. The SMILES string of the molecule is CCOC(=O)c1c(SC)nn(-c2ccncn2)c1N. The van der Waals surface area contributed by atoms with Gasteiger partial charge >= 0.3 is 5.97 Å². The summed E-state index contributed by atoms with van der Waals surface area (Å²) in [4.78, 5) is 19.8. The predicted molar refractivity (Wildman–Crippen MR) is 71.3 cm³/mol. The fraction of sp³-hybridized carbons (Fsp3) is 0.273. The Labute approximate surface area is 114 Å². The molecule has 0 aromatic carbocycles. The lowest BCUT2D eigenvalue weighted by Gasteiger charge is -2.03. The number of aromatic nitrogens is 4. The molecule has 100 valence electrons. The van der Waals surface area contributed by atoms with Crippen molar-refractivity contribution in [3.8, 4) is 5.82 Å². The van der Waals surface area contributed by atoms with E-state index in [9.17, 15) is 4.79 Å². The molecule has 19 heavy (non-hydrogen) atoms. The van der Waals surface area contributed by atoms with Crippen molar-refractivity contribution in [2.45, 2.75) is 11.9 Å². The van der Waals surface area contributed by atoms with Gasteiger partial charge < -0.3 is 10.5 Å². The van der Waals surface area contributed by atoms with Crippen LogP contribution in [0.5, 0.6) is 0 Å². The first-order chi connectivity index (χ1) is 9.19. The first-order valence-corrected chi connectivity index (χ1v) is 6.77. The third-order valence-electron chi connectivity index (χ3n) is 2.35. The van der Waals surface area contributed by atoms with Crippen LogP contribution in [0.3, 0.4) is 0 Å². The Balaban J connectivity index is 2.51. The summed E-state index contributed by atoms with van der Waals surface area (Å²) in [6.45, 7) is 2.02. The lowest BCUT2D eigenvalue weighted by Crippen LogP contribution is -2.10. The van der Waals surface area contributed by atoms with Gasteiger partial charge in [-0.25, -0.2) is 14.8 Å². The minimum absolute atomic E-state index is 0.210. The van der Waals surface area contributed by atoms with E-state index in [-0.39, 0.29) is 18.0 Å². The molecule has 0 aliphatic carbocycles. The van der Waals surface area contributed by atoms with E-state index in [1.807, 2.05) is 6.26 Å². The van der Waals surface area contributed by atoms with Crippen LogP contribution in [0.25, 0.3) is 5.82 Å². The highest BCUT2D eigenvalue weighted by Crippen LogP contribution is 2.27. The van der Waals surface area contributed by atoms with Crippen LogP contribution >= 0.6 is 11.8 Å². The summed E-state index contributed by atoms with van der Waals surface area (Å²) in [5.41, 5.74) is 6.24. The summed E-state index contributed by atoms with van der Waals surface area (Å²) in [5.74, 6) is 0.226. The molecule has 0 spiro atoms. The smallest absolute Gasteiger partial charge is 0.344 e. The molecule has 0 fully saturated rings. The van der Waals surface area contributed by atoms with Crippen LogP contribution in [0.1, 0.15) is 17.3 Å². The molecule has 0 bridgehead atoms. The number of nitrogens with zero attached hydrogens (tertiary/aromatic N) is 4. The normalized spacial score (nSPS) is 10.4. The van der Waals surface area contributed by atoms with Gasteiger partial charge in [0.15, 0.2) is 5.82 Å². The third-order valence-corrected chi connectivity index (χ3v) is 3.02. The summed E-state index contributed by atoms with van der Waals surface area (Å²) < 4.78 is 6.38. The molecule has 0 saturated carbocycles. The first-order valence-electron chi connectivity index (χ1n) is 5.55. The quantitative estimate of drug-likeness (QED) is 0.662. The largest absolute Gasteiger partial charge is 0.462 e. The Morgan fingerprint density at radius 3 is 2.95 bits per heavy atom. The maximum Gasteiger partial charge on any atom is 0.344 e. The maximum absolute atomic E-state index is 11.9. The minimum atomic E-state index is -0.482. The van der Waals surface area contributed by atoms with Gasteiger partial charge in [-0.2, -0.15) is 9.78 Å². The van der Waals surface area contributed by atoms with Gasteiger partial charge in [0.1, 0.15) is 22.7 Å². The molecular formula is C11H13N5O2S. The molecule has 0 unspecified atom stereocenters. The molecule has 2 rings (SSSR count). The number of rotatable bonds is 4. The molecule has 0 saturated heterocycles. The second-order valence-corrected chi connectivity index (χ2v) is 4.26. The number of carbonyl (C=O) groups excluding carboxylic acids is 1. The molecule has 2 aromatic heterocycles. The number of ether oxygens (including phenoxy) is 1. The van der Waals surface area contributed by atoms with Crippen LogP contribution in [-0.2, 0) is 4.74 Å². The number of carbonyl (C=O) groups is 1. The molecule has 2 N–H and O–H groups in total. The Hall–Kier alpha value is -2.09. The van der Waals surface area contributed by atoms with Crippen LogP contribution in [0.2, 0.25) is 0 Å². The number of thioether (sulfide) groups is 1. The number of esters is 1. The van der Waals surface area contributed by atoms with Gasteiger partial charge in [-0.05, 0) is 13.2 Å². The number of anilines is 1. The van der Waals surface area contributed by atoms with Crippen molar-refractivity contribution in [2.75, 3.05) is 18.6 Å². The number of hydrogen-bond acceptors (Lipinski definition) is 7. The second-order valence-electron chi connectivity index (χ2n) is 3.47. The Kier molecular flexibility index (Phi) is 4.00. The van der Waals surface area contributed by atoms with Crippen molar-refractivity contribution < 1.29 is 9.53 Å². The molecule has 2 aromatic rings. The van der Waals surface area contributed by atoms with Gasteiger partial charge in [0.05, 0.1) is 6.61 Å². The van der Waals surface area contributed by atoms with Gasteiger partial charge in [0, 0.05) is 12.3 Å². The third kappa shape index (κ3) is 2.53. The van der Waals surface area contributed by atoms with E-state index in [0.29, 0.717) is 10.8 Å². The van der Waals surface area contributed by atoms with E-state index in [4.69, 9.17) is 10.5 Å². The summed E-state index contributed by atoms with van der Waals surface area (Å²) in [6.07, 6.45) is 4.78. The molecule has 0 amide bonds. The van der Waals surface area contributed by atoms with E-state index in [1.54, 1.807) is 19.2 Å². The van der Waals surface area contributed by atoms with Crippen molar-refractivity contribution in [1.82, 2.24) is 19.7 Å². The van der Waals surface area contributed by atoms with Crippen molar-refractivity contribution in [2.24, 2.45) is 0 Å². The lowest BCUT2D eigenvalue weighted by molar-refractivity contribution is 0.0523. The van der Waals surface area contributed by atoms with Crippen molar-refractivity contribution in [3.05, 3.63) is 24.2 Å². The van der Waals surface area contributed by atoms with E-state index in [0.717, 1.165) is 0 Å². The average Bonchev–Trinajstić information content (AvgIpc) is 2.77. The Morgan fingerprint density at radius 1 is 1.58 bits per heavy atom. The van der Waals surface area contributed by atoms with E-state index in [1.165, 1.54) is 22.8 Å². The predicted octanol–water partition coefficient (Wildman–Crippen LogP) is 1.14. The molecule has 0 atom stereocenters. The highest BCUT2D eigenvalue weighted by Gasteiger charge is 2.23. The summed E-state index contributed by atoms with van der Waals surface area (Å²) in [6, 6.07) is 1.66. The Bertz CT molecular complexity index is 584. The fourth-order valence-corrected chi connectivity index (χ4v) is 2.09. The van der Waals surface area contributed by atoms with Crippen LogP contribution in [0, 0.1) is 0 Å². The van der Waals surface area contributed by atoms with Gasteiger partial charge in [-0.3, -0.25) is 0 Å². The zero-order valence-electron chi connectivity index (χ0n) is 10.5. The number of nitrogen functional groups attached to an aromatic ring is 1. The highest BCUT2D eigenvalue weighted by atomic mass is 32.2. The van der Waals surface area contributed by atoms with E-state index in [2.05, 4.69) is 15.1 Å². The standard InChI is InChI=1S/C11H13N5O2S/c1-3-18-11(17)8-9(12)16(15-10(8)19-2)7-4-5-13-6-14-7/h4-6H,3,12H2,1-2H3. The fourth-order valence-electron chi connectivity index (χ4n) is 1.53. The van der Waals surface area contributed by atoms with Gasteiger partial charge in [-0.1, -0.05) is 0 Å². The zero-order valence-corrected chi connectivity index (χ0v) is 11.3. The average molecular weight is 279 g/mol. The molecule has 2 heterocycles. The minimum Gasteiger partial charge on any atom is -0.462 e. The zero-order chi connectivity index (χ0) is 13.8. The van der Waals surface area contributed by atoms with Crippen LogP contribution in [0.15, 0.2) is 23.6 Å². The molecule has 0 aliphatic heterocycles. The van der Waals surface area contributed by atoms with E-state index >= 15 is 0 Å². The Morgan fingerprint density at radius 2 is 2.37 bits per heavy atom. The molecule has 0 aliphatic rings.